The van der Waals surface area contributed by atoms with Crippen molar-refractivity contribution in [1.82, 2.24) is 4.90 Å². The molecule has 0 radical (unpaired) electrons. The van der Waals surface area contributed by atoms with Gasteiger partial charge in [-0.15, -0.1) is 0 Å². The standard InChI is InChI=1S/C41H48BrNO5Si/c1-6-13-27(22-28-23-30(42)19-20-35(28)44)18-21-36-37-29(24-33-38(34(37)26-47-36)40(46)43(5)39(33)45)25-48-49(41(2,3)4,31-14-9-7-10-15-31)32-16-11-8-12-17-32/h7-12,14-17,19-20,22-23,33-34,36,38,44H,6,13,18,21,24-26H2,1-5H3/b27-22+/t33-,34+,36-,38-/m1/s1. The molecule has 2 saturated heterocycles. The van der Waals surface area contributed by atoms with E-state index in [9.17, 15) is 14.7 Å². The first-order valence-corrected chi connectivity index (χ1v) is 20.2. The minimum Gasteiger partial charge on any atom is -0.507 e. The van der Waals surface area contributed by atoms with E-state index in [0.717, 1.165) is 46.9 Å². The van der Waals surface area contributed by atoms with Crippen molar-refractivity contribution in [2.45, 2.75) is 70.9 Å². The smallest absolute Gasteiger partial charge is 0.261 e. The fraction of sp³-hybridized carbons (Fsp3) is 0.415. The highest BCUT2D eigenvalue weighted by atomic mass is 79.9. The van der Waals surface area contributed by atoms with Crippen LogP contribution in [0.25, 0.3) is 6.08 Å². The molecule has 2 heterocycles. The van der Waals surface area contributed by atoms with Crippen molar-refractivity contribution >= 4 is 52.5 Å². The number of hydrogen-bond donors (Lipinski definition) is 1. The van der Waals surface area contributed by atoms with Crippen LogP contribution in [-0.4, -0.2) is 56.5 Å². The summed E-state index contributed by atoms with van der Waals surface area (Å²) >= 11 is 3.54. The first-order valence-electron chi connectivity index (χ1n) is 17.5. The highest BCUT2D eigenvalue weighted by Crippen LogP contribution is 2.50. The van der Waals surface area contributed by atoms with E-state index in [1.54, 1.807) is 13.1 Å². The molecule has 0 aromatic heterocycles. The molecule has 1 aliphatic carbocycles. The average Bonchev–Trinajstić information content (AvgIpc) is 3.60. The van der Waals surface area contributed by atoms with Crippen molar-refractivity contribution in [2.24, 2.45) is 17.8 Å². The summed E-state index contributed by atoms with van der Waals surface area (Å²) in [5.74, 6) is -0.852. The third-order valence-electron chi connectivity index (χ3n) is 10.8. The van der Waals surface area contributed by atoms with E-state index in [4.69, 9.17) is 9.16 Å². The summed E-state index contributed by atoms with van der Waals surface area (Å²) in [4.78, 5) is 28.3. The number of phenolic OH excluding ortho intramolecular Hbond substituents is 1. The largest absolute Gasteiger partial charge is 0.507 e. The number of phenols is 1. The summed E-state index contributed by atoms with van der Waals surface area (Å²) < 4.78 is 14.9. The van der Waals surface area contributed by atoms with Gasteiger partial charge in [0.15, 0.2) is 0 Å². The van der Waals surface area contributed by atoms with Crippen LogP contribution in [0.2, 0.25) is 5.04 Å². The number of hydrogen-bond acceptors (Lipinski definition) is 5. The fourth-order valence-corrected chi connectivity index (χ4v) is 13.4. The van der Waals surface area contributed by atoms with Crippen LogP contribution in [0.15, 0.2) is 100 Å². The Kier molecular flexibility index (Phi) is 10.5. The van der Waals surface area contributed by atoms with Crippen molar-refractivity contribution in [3.05, 3.63) is 106 Å². The molecule has 4 atom stereocenters. The van der Waals surface area contributed by atoms with Crippen LogP contribution in [0.4, 0.5) is 0 Å². The predicted octanol–water partition coefficient (Wildman–Crippen LogP) is 7.64. The van der Waals surface area contributed by atoms with E-state index in [2.05, 4.69) is 98.2 Å². The lowest BCUT2D eigenvalue weighted by Gasteiger charge is -2.44. The summed E-state index contributed by atoms with van der Waals surface area (Å²) in [6, 6.07) is 26.7. The van der Waals surface area contributed by atoms with Gasteiger partial charge in [-0.25, -0.2) is 0 Å². The van der Waals surface area contributed by atoms with Crippen LogP contribution in [0, 0.1) is 17.8 Å². The molecule has 0 saturated carbocycles. The Hall–Kier alpha value is -3.30. The van der Waals surface area contributed by atoms with E-state index in [1.807, 2.05) is 24.3 Å². The lowest BCUT2D eigenvalue weighted by Crippen LogP contribution is -2.66. The van der Waals surface area contributed by atoms with Crippen LogP contribution in [-0.2, 0) is 18.8 Å². The Morgan fingerprint density at radius 3 is 2.24 bits per heavy atom. The van der Waals surface area contributed by atoms with E-state index >= 15 is 0 Å². The highest BCUT2D eigenvalue weighted by Gasteiger charge is 2.57. The molecule has 2 fully saturated rings. The molecule has 6 rings (SSSR count). The average molecular weight is 743 g/mol. The number of nitrogens with zero attached hydrogens (tertiary/aromatic N) is 1. The normalized spacial score (nSPS) is 22.9. The second-order valence-corrected chi connectivity index (χ2v) is 20.0. The minimum atomic E-state index is -2.85. The van der Waals surface area contributed by atoms with Gasteiger partial charge in [0.2, 0.25) is 11.8 Å². The number of aromatic hydroxyl groups is 1. The predicted molar refractivity (Wildman–Crippen MR) is 201 cm³/mol. The van der Waals surface area contributed by atoms with Gasteiger partial charge in [0.1, 0.15) is 5.75 Å². The number of benzene rings is 3. The van der Waals surface area contributed by atoms with Crippen LogP contribution in [0.3, 0.4) is 0 Å². The van der Waals surface area contributed by atoms with Gasteiger partial charge in [0.25, 0.3) is 8.32 Å². The number of carbonyl (C=O) groups is 2. The Morgan fingerprint density at radius 1 is 0.980 bits per heavy atom. The molecular weight excluding hydrogens is 694 g/mol. The molecule has 0 bridgehead atoms. The van der Waals surface area contributed by atoms with Crippen LogP contribution in [0.1, 0.15) is 65.4 Å². The van der Waals surface area contributed by atoms with Crippen molar-refractivity contribution in [3.8, 4) is 5.75 Å². The third kappa shape index (κ3) is 6.77. The first-order chi connectivity index (χ1) is 23.5. The summed E-state index contributed by atoms with van der Waals surface area (Å²) in [5.41, 5.74) is 4.31. The second kappa shape index (κ2) is 14.5. The van der Waals surface area contributed by atoms with Gasteiger partial charge in [-0.05, 0) is 70.4 Å². The fourth-order valence-electron chi connectivity index (χ4n) is 8.49. The van der Waals surface area contributed by atoms with Crippen molar-refractivity contribution < 1.29 is 23.9 Å². The molecule has 2 amide bonds. The molecular formula is C41H48BrNO5Si. The zero-order valence-corrected chi connectivity index (χ0v) is 31.8. The van der Waals surface area contributed by atoms with Gasteiger partial charge in [-0.1, -0.05) is 122 Å². The number of allylic oxidation sites excluding steroid dienone is 1. The number of ether oxygens (including phenoxy) is 1. The van der Waals surface area contributed by atoms with Crippen molar-refractivity contribution in [1.29, 1.82) is 0 Å². The monoisotopic (exact) mass is 741 g/mol. The van der Waals surface area contributed by atoms with Crippen molar-refractivity contribution in [2.75, 3.05) is 20.3 Å². The molecule has 0 spiro atoms. The van der Waals surface area contributed by atoms with Crippen LogP contribution < -0.4 is 10.4 Å². The quantitative estimate of drug-likeness (QED) is 0.124. The van der Waals surface area contributed by atoms with Gasteiger partial charge in [-0.3, -0.25) is 14.5 Å². The number of fused-ring (bicyclic) bond motifs is 3. The molecule has 0 unspecified atom stereocenters. The lowest BCUT2D eigenvalue weighted by molar-refractivity contribution is -0.138. The summed E-state index contributed by atoms with van der Waals surface area (Å²) in [7, 11) is -1.23. The van der Waals surface area contributed by atoms with Gasteiger partial charge in [0, 0.05) is 23.0 Å². The Bertz CT molecular complexity index is 1710. The SMILES string of the molecule is CCC/C(=C\c1cc(Br)ccc1O)CC[C@H]1OC[C@H]2C1=C(CO[Si](c1ccccc1)(c1ccccc1)C(C)(C)C)C[C@H]1C(=O)N(C)C(=O)[C@H]12. The third-order valence-corrected chi connectivity index (χ3v) is 16.2. The van der Waals surface area contributed by atoms with E-state index in [-0.39, 0.29) is 40.5 Å². The molecule has 3 aliphatic rings. The molecule has 3 aromatic rings. The zero-order chi connectivity index (χ0) is 34.9. The number of carbonyl (C=O) groups excluding carboxylic acids is 2. The van der Waals surface area contributed by atoms with Crippen LogP contribution >= 0.6 is 15.9 Å². The minimum absolute atomic E-state index is 0.0922. The van der Waals surface area contributed by atoms with Crippen molar-refractivity contribution in [3.63, 3.8) is 0 Å². The zero-order valence-electron chi connectivity index (χ0n) is 29.2. The first kappa shape index (κ1) is 35.5. The van der Waals surface area contributed by atoms with E-state index in [0.29, 0.717) is 19.6 Å². The molecule has 49 heavy (non-hydrogen) atoms. The van der Waals surface area contributed by atoms with Gasteiger partial charge in [0.05, 0.1) is 31.2 Å². The maximum atomic E-state index is 13.5. The maximum absolute atomic E-state index is 13.5. The number of amides is 2. The number of likely N-dealkylation sites (tertiary alicyclic amines) is 1. The van der Waals surface area contributed by atoms with Gasteiger partial charge < -0.3 is 14.3 Å². The Morgan fingerprint density at radius 2 is 1.63 bits per heavy atom. The van der Waals surface area contributed by atoms with Gasteiger partial charge in [-0.2, -0.15) is 0 Å². The lowest BCUT2D eigenvalue weighted by atomic mass is 9.69. The summed E-state index contributed by atoms with van der Waals surface area (Å²) in [6.45, 7) is 9.80. The summed E-state index contributed by atoms with van der Waals surface area (Å²) in [5, 5.41) is 12.8. The highest BCUT2D eigenvalue weighted by molar-refractivity contribution is 9.10. The summed E-state index contributed by atoms with van der Waals surface area (Å²) in [6.07, 6.45) is 5.88. The number of halogens is 1. The molecule has 1 N–H and O–H groups in total. The molecule has 6 nitrogen and oxygen atoms in total. The maximum Gasteiger partial charge on any atom is 0.261 e. The van der Waals surface area contributed by atoms with Crippen LogP contribution in [0.5, 0.6) is 5.75 Å². The van der Waals surface area contributed by atoms with E-state index < -0.39 is 14.2 Å². The Labute approximate surface area is 300 Å². The molecule has 8 heteroatoms. The molecule has 258 valence electrons. The molecule has 3 aromatic carbocycles. The Balaban J connectivity index is 1.38. The van der Waals surface area contributed by atoms with Gasteiger partial charge >= 0.3 is 0 Å². The number of imide groups is 1. The molecule has 2 aliphatic heterocycles. The second-order valence-electron chi connectivity index (χ2n) is 14.8. The topological polar surface area (TPSA) is 76.1 Å². The van der Waals surface area contributed by atoms with E-state index in [1.165, 1.54) is 20.8 Å². The number of rotatable bonds is 11.